The van der Waals surface area contributed by atoms with Crippen molar-refractivity contribution in [1.82, 2.24) is 0 Å². The molecule has 0 unspecified atom stereocenters. The number of carbonyl (C=O) groups is 1. The predicted octanol–water partition coefficient (Wildman–Crippen LogP) is 2.68. The summed E-state index contributed by atoms with van der Waals surface area (Å²) in [5, 5.41) is 1.79. The molecule has 17 heavy (non-hydrogen) atoms. The zero-order valence-corrected chi connectivity index (χ0v) is 9.92. The molecule has 0 bridgehead atoms. The number of nitrogens with one attached hydrogen (secondary N) is 1. The summed E-state index contributed by atoms with van der Waals surface area (Å²) in [6.45, 7) is -0.302. The van der Waals surface area contributed by atoms with E-state index in [2.05, 4.69) is 5.32 Å². The second-order valence-corrected chi connectivity index (χ2v) is 3.35. The fourth-order valence-electron chi connectivity index (χ4n) is 1.03. The fourth-order valence-corrected chi connectivity index (χ4v) is 1.26. The molecule has 1 aromatic carbocycles. The van der Waals surface area contributed by atoms with Gasteiger partial charge in [-0.15, -0.1) is 12.4 Å². The number of rotatable bonds is 2. The number of hydrogen-bond donors (Lipinski definition) is 2. The van der Waals surface area contributed by atoms with Crippen molar-refractivity contribution in [3.8, 4) is 0 Å². The lowest BCUT2D eigenvalue weighted by molar-refractivity contribution is -0.137. The minimum atomic E-state index is -4.56. The average Bonchev–Trinajstić information content (AvgIpc) is 2.19. The maximum atomic E-state index is 12.4. The first-order valence-corrected chi connectivity index (χ1v) is 4.59. The summed E-state index contributed by atoms with van der Waals surface area (Å²) in [4.78, 5) is 10.9. The van der Waals surface area contributed by atoms with E-state index < -0.39 is 22.7 Å². The standard InChI is InChI=1S/C9H8ClF3N2O.ClH/c10-7-2-1-5(15-8(16)4-14)3-6(7)9(11,12)13;/h1-3H,4,14H2,(H,15,16);1H. The summed E-state index contributed by atoms with van der Waals surface area (Å²) in [6, 6.07) is 3.09. The van der Waals surface area contributed by atoms with E-state index in [1.165, 1.54) is 6.07 Å². The van der Waals surface area contributed by atoms with Crippen molar-refractivity contribution in [2.75, 3.05) is 11.9 Å². The zero-order chi connectivity index (χ0) is 12.3. The van der Waals surface area contributed by atoms with Gasteiger partial charge in [0.25, 0.3) is 0 Å². The lowest BCUT2D eigenvalue weighted by Gasteiger charge is -2.11. The zero-order valence-electron chi connectivity index (χ0n) is 8.34. The third-order valence-electron chi connectivity index (χ3n) is 1.74. The van der Waals surface area contributed by atoms with Crippen LogP contribution in [0.5, 0.6) is 0 Å². The Morgan fingerprint density at radius 2 is 2.00 bits per heavy atom. The lowest BCUT2D eigenvalue weighted by atomic mass is 10.2. The quantitative estimate of drug-likeness (QED) is 0.879. The molecule has 0 aliphatic heterocycles. The minimum absolute atomic E-state index is 0. The second-order valence-electron chi connectivity index (χ2n) is 2.94. The van der Waals surface area contributed by atoms with Crippen molar-refractivity contribution in [3.63, 3.8) is 0 Å². The first kappa shape index (κ1) is 16.0. The van der Waals surface area contributed by atoms with E-state index >= 15 is 0 Å². The summed E-state index contributed by atoms with van der Waals surface area (Å²) in [6.07, 6.45) is -4.56. The summed E-state index contributed by atoms with van der Waals surface area (Å²) in [5.41, 5.74) is 4.02. The van der Waals surface area contributed by atoms with Gasteiger partial charge < -0.3 is 11.1 Å². The Morgan fingerprint density at radius 1 is 1.41 bits per heavy atom. The number of nitrogens with two attached hydrogens (primary N) is 1. The number of halogens is 5. The Bertz CT molecular complexity index is 410. The number of anilines is 1. The van der Waals surface area contributed by atoms with Crippen LogP contribution in [0.25, 0.3) is 0 Å². The minimum Gasteiger partial charge on any atom is -0.325 e. The Balaban J connectivity index is 0.00000256. The van der Waals surface area contributed by atoms with Crippen molar-refractivity contribution >= 4 is 35.6 Å². The molecule has 0 saturated carbocycles. The molecule has 1 amide bonds. The van der Waals surface area contributed by atoms with Crippen molar-refractivity contribution in [3.05, 3.63) is 28.8 Å². The Hall–Kier alpha value is -0.980. The Labute approximate surface area is 107 Å². The topological polar surface area (TPSA) is 55.1 Å². The molecule has 3 N–H and O–H groups in total. The summed E-state index contributed by atoms with van der Waals surface area (Å²) in [5.74, 6) is -0.574. The van der Waals surface area contributed by atoms with Crippen LogP contribution in [0.2, 0.25) is 5.02 Å². The van der Waals surface area contributed by atoms with Crippen molar-refractivity contribution in [2.24, 2.45) is 5.73 Å². The summed E-state index contributed by atoms with van der Waals surface area (Å²) < 4.78 is 37.3. The highest BCUT2D eigenvalue weighted by Crippen LogP contribution is 2.36. The molecule has 0 radical (unpaired) electrons. The monoisotopic (exact) mass is 288 g/mol. The molecule has 0 saturated heterocycles. The Kier molecular flexibility index (Phi) is 5.74. The molecular formula is C9H9Cl2F3N2O. The van der Waals surface area contributed by atoms with Crippen LogP contribution in [0.1, 0.15) is 5.56 Å². The highest BCUT2D eigenvalue weighted by molar-refractivity contribution is 6.31. The van der Waals surface area contributed by atoms with E-state index in [0.29, 0.717) is 0 Å². The van der Waals surface area contributed by atoms with Gasteiger partial charge >= 0.3 is 6.18 Å². The molecule has 0 aromatic heterocycles. The molecule has 1 aromatic rings. The van der Waals surface area contributed by atoms with Crippen LogP contribution in [0.4, 0.5) is 18.9 Å². The largest absolute Gasteiger partial charge is 0.417 e. The van der Waals surface area contributed by atoms with Gasteiger partial charge in [-0.1, -0.05) is 11.6 Å². The third-order valence-corrected chi connectivity index (χ3v) is 2.07. The lowest BCUT2D eigenvalue weighted by Crippen LogP contribution is -2.22. The molecule has 0 heterocycles. The van der Waals surface area contributed by atoms with Crippen molar-refractivity contribution in [1.29, 1.82) is 0 Å². The normalized spacial score (nSPS) is 10.6. The summed E-state index contributed by atoms with van der Waals surface area (Å²) >= 11 is 5.39. The van der Waals surface area contributed by atoms with Crippen LogP contribution < -0.4 is 11.1 Å². The van der Waals surface area contributed by atoms with Crippen molar-refractivity contribution < 1.29 is 18.0 Å². The SMILES string of the molecule is Cl.NCC(=O)Nc1ccc(Cl)c(C(F)(F)F)c1. The van der Waals surface area contributed by atoms with E-state index in [1.54, 1.807) is 0 Å². The van der Waals surface area contributed by atoms with E-state index in [4.69, 9.17) is 17.3 Å². The fraction of sp³-hybridized carbons (Fsp3) is 0.222. The van der Waals surface area contributed by atoms with Gasteiger partial charge in [-0.3, -0.25) is 4.79 Å². The molecule has 0 aliphatic carbocycles. The molecule has 1 rings (SSSR count). The molecule has 8 heteroatoms. The van der Waals surface area contributed by atoms with E-state index in [9.17, 15) is 18.0 Å². The number of carbonyl (C=O) groups excluding carboxylic acids is 1. The number of alkyl halides is 3. The molecule has 0 fully saturated rings. The van der Waals surface area contributed by atoms with E-state index in [0.717, 1.165) is 12.1 Å². The van der Waals surface area contributed by atoms with Gasteiger partial charge in [0.05, 0.1) is 17.1 Å². The summed E-state index contributed by atoms with van der Waals surface area (Å²) in [7, 11) is 0. The third kappa shape index (κ3) is 4.41. The van der Waals surface area contributed by atoms with Crippen molar-refractivity contribution in [2.45, 2.75) is 6.18 Å². The van der Waals surface area contributed by atoms with Crippen LogP contribution >= 0.6 is 24.0 Å². The predicted molar refractivity (Wildman–Crippen MR) is 61.4 cm³/mol. The van der Waals surface area contributed by atoms with Crippen LogP contribution in [-0.4, -0.2) is 12.5 Å². The smallest absolute Gasteiger partial charge is 0.325 e. The van der Waals surface area contributed by atoms with Gasteiger partial charge in [0.1, 0.15) is 0 Å². The Morgan fingerprint density at radius 3 is 2.47 bits per heavy atom. The molecule has 3 nitrogen and oxygen atoms in total. The molecule has 96 valence electrons. The van der Waals surface area contributed by atoms with Gasteiger partial charge in [-0.25, -0.2) is 0 Å². The molecule has 0 aliphatic rings. The number of hydrogen-bond acceptors (Lipinski definition) is 2. The van der Waals surface area contributed by atoms with Crippen LogP contribution in [0, 0.1) is 0 Å². The number of amides is 1. The first-order chi connectivity index (χ1) is 7.34. The van der Waals surface area contributed by atoms with Gasteiger partial charge in [-0.05, 0) is 18.2 Å². The van der Waals surface area contributed by atoms with Gasteiger partial charge in [0.15, 0.2) is 0 Å². The molecule has 0 atom stereocenters. The molecular weight excluding hydrogens is 280 g/mol. The van der Waals surface area contributed by atoms with Crippen LogP contribution in [0.3, 0.4) is 0 Å². The van der Waals surface area contributed by atoms with E-state index in [1.807, 2.05) is 0 Å². The van der Waals surface area contributed by atoms with Gasteiger partial charge in [-0.2, -0.15) is 13.2 Å². The van der Waals surface area contributed by atoms with Crippen LogP contribution in [0.15, 0.2) is 18.2 Å². The van der Waals surface area contributed by atoms with Gasteiger partial charge in [0.2, 0.25) is 5.91 Å². The highest BCUT2D eigenvalue weighted by Gasteiger charge is 2.33. The van der Waals surface area contributed by atoms with Crippen LogP contribution in [-0.2, 0) is 11.0 Å². The maximum Gasteiger partial charge on any atom is 0.417 e. The second kappa shape index (κ2) is 6.09. The van der Waals surface area contributed by atoms with E-state index in [-0.39, 0.29) is 24.6 Å². The number of benzene rings is 1. The van der Waals surface area contributed by atoms with Gasteiger partial charge in [0, 0.05) is 5.69 Å². The first-order valence-electron chi connectivity index (χ1n) is 4.21. The molecule has 0 spiro atoms. The maximum absolute atomic E-state index is 12.4. The average molecular weight is 289 g/mol. The highest BCUT2D eigenvalue weighted by atomic mass is 35.5.